The number of fused-ring (bicyclic) bond motifs is 1. The van der Waals surface area contributed by atoms with Crippen LogP contribution >= 0.6 is 0 Å². The number of imidazole rings is 1. The minimum Gasteiger partial charge on any atom is -0.461 e. The van der Waals surface area contributed by atoms with Crippen LogP contribution < -0.4 is 21.9 Å². The molecule has 0 bridgehead atoms. The number of ether oxygens (including phenoxy) is 3. The van der Waals surface area contributed by atoms with E-state index in [0.29, 0.717) is 11.3 Å². The molecular formula is C37H38FN5O12. The summed E-state index contributed by atoms with van der Waals surface area (Å²) in [6.45, 7) is 10.2. The number of aryl methyl sites for hydroxylation is 4. The first-order valence-electron chi connectivity index (χ1n) is 17.0. The van der Waals surface area contributed by atoms with Gasteiger partial charge in [0.1, 0.15) is 36.5 Å². The van der Waals surface area contributed by atoms with Gasteiger partial charge in [0.2, 0.25) is 0 Å². The first-order valence-corrected chi connectivity index (χ1v) is 17.0. The van der Waals surface area contributed by atoms with Crippen molar-refractivity contribution in [2.75, 3.05) is 13.2 Å². The zero-order valence-electron chi connectivity index (χ0n) is 31.1. The third kappa shape index (κ3) is 7.53. The molecule has 290 valence electrons. The fourth-order valence-electron chi connectivity index (χ4n) is 6.83. The molecule has 4 aromatic heterocycles. The van der Waals surface area contributed by atoms with Crippen molar-refractivity contribution in [3.8, 4) is 18.1 Å². The van der Waals surface area contributed by atoms with Crippen LogP contribution in [0.2, 0.25) is 0 Å². The Hall–Kier alpha value is -6.06. The summed E-state index contributed by atoms with van der Waals surface area (Å²) in [5, 5.41) is 11.6. The number of nitrogens with zero attached hydrogens (tertiary/aromatic N) is 5. The third-order valence-electron chi connectivity index (χ3n) is 9.36. The summed E-state index contributed by atoms with van der Waals surface area (Å²) in [4.78, 5) is 61.5. The van der Waals surface area contributed by atoms with E-state index in [1.54, 1.807) is 6.07 Å². The number of esters is 2. The molecule has 1 N–H and O–H groups in total. The SMILES string of the molecule is C#C[C@]1(COC(=O)CC(C)(C)c2c(C)cc(C)cc2OC(C)=O)OCC(n2cnc3c(=NCc4oc(=O)oc4C)n(Cc4oc(=O)oc4C)c(F)nc32)[C@@H]1O. The van der Waals surface area contributed by atoms with Gasteiger partial charge in [0, 0.05) is 17.9 Å². The van der Waals surface area contributed by atoms with Gasteiger partial charge in [-0.05, 0) is 44.9 Å². The average molecular weight is 764 g/mol. The van der Waals surface area contributed by atoms with E-state index in [-0.39, 0.29) is 65.8 Å². The van der Waals surface area contributed by atoms with Crippen LogP contribution in [0.15, 0.2) is 50.7 Å². The number of halogens is 1. The molecule has 0 radical (unpaired) electrons. The lowest BCUT2D eigenvalue weighted by molar-refractivity contribution is -0.153. The Balaban J connectivity index is 1.28. The molecule has 1 fully saturated rings. The van der Waals surface area contributed by atoms with Gasteiger partial charge in [-0.25, -0.2) is 14.6 Å². The van der Waals surface area contributed by atoms with Gasteiger partial charge in [0.25, 0.3) is 6.08 Å². The topological polar surface area (TPSA) is 217 Å². The number of carbonyl (C=O) groups excluding carboxylic acids is 2. The van der Waals surface area contributed by atoms with E-state index in [2.05, 4.69) is 20.9 Å². The highest BCUT2D eigenvalue weighted by Crippen LogP contribution is 2.39. The third-order valence-corrected chi connectivity index (χ3v) is 9.36. The van der Waals surface area contributed by atoms with E-state index in [9.17, 15) is 24.3 Å². The molecule has 1 aromatic carbocycles. The monoisotopic (exact) mass is 763 g/mol. The van der Waals surface area contributed by atoms with Crippen LogP contribution in [0.3, 0.4) is 0 Å². The van der Waals surface area contributed by atoms with E-state index in [1.165, 1.54) is 31.7 Å². The van der Waals surface area contributed by atoms with Gasteiger partial charge in [-0.1, -0.05) is 25.8 Å². The van der Waals surface area contributed by atoms with Gasteiger partial charge >= 0.3 is 23.6 Å². The van der Waals surface area contributed by atoms with Crippen molar-refractivity contribution in [2.45, 2.75) is 91.1 Å². The maximum Gasteiger partial charge on any atom is 0.519 e. The molecule has 18 heteroatoms. The lowest BCUT2D eigenvalue weighted by atomic mass is 9.78. The molecule has 3 atom stereocenters. The van der Waals surface area contributed by atoms with Crippen LogP contribution in [0.5, 0.6) is 5.75 Å². The van der Waals surface area contributed by atoms with E-state index < -0.39 is 59.4 Å². The van der Waals surface area contributed by atoms with Crippen molar-refractivity contribution < 1.29 is 51.0 Å². The van der Waals surface area contributed by atoms with Gasteiger partial charge in [-0.3, -0.25) is 19.1 Å². The quantitative estimate of drug-likeness (QED) is 0.0886. The second kappa shape index (κ2) is 14.6. The number of rotatable bonds is 11. The lowest BCUT2D eigenvalue weighted by Crippen LogP contribution is -2.45. The molecular weight excluding hydrogens is 725 g/mol. The maximum absolute atomic E-state index is 16.0. The number of hydrogen-bond acceptors (Lipinski definition) is 15. The normalized spacial score (nSPS) is 18.9. The van der Waals surface area contributed by atoms with Crippen LogP contribution in [-0.4, -0.2) is 61.1 Å². The molecule has 1 unspecified atom stereocenters. The number of terminal acetylenes is 1. The van der Waals surface area contributed by atoms with Crippen molar-refractivity contribution in [3.63, 3.8) is 0 Å². The van der Waals surface area contributed by atoms with Gasteiger partial charge in [0.05, 0.1) is 31.9 Å². The smallest absolute Gasteiger partial charge is 0.461 e. The van der Waals surface area contributed by atoms with Crippen molar-refractivity contribution in [2.24, 2.45) is 4.99 Å². The van der Waals surface area contributed by atoms with Crippen LogP contribution in [0.25, 0.3) is 11.2 Å². The molecule has 1 aliphatic heterocycles. The Bertz CT molecular complexity index is 2540. The zero-order chi connectivity index (χ0) is 40.0. The van der Waals surface area contributed by atoms with Gasteiger partial charge in [-0.15, -0.1) is 6.42 Å². The minimum atomic E-state index is -1.81. The Morgan fingerprint density at radius 2 is 1.78 bits per heavy atom. The van der Waals surface area contributed by atoms with Crippen molar-refractivity contribution in [1.82, 2.24) is 19.1 Å². The Morgan fingerprint density at radius 3 is 2.40 bits per heavy atom. The molecule has 0 spiro atoms. The van der Waals surface area contributed by atoms with E-state index in [1.807, 2.05) is 33.8 Å². The summed E-state index contributed by atoms with van der Waals surface area (Å²) in [6, 6.07) is 2.65. The fraction of sp³-hybridized carbons (Fsp3) is 0.432. The predicted octanol–water partition coefficient (Wildman–Crippen LogP) is 2.99. The number of hydrogen-bond donors (Lipinski definition) is 1. The van der Waals surface area contributed by atoms with Crippen LogP contribution in [0.4, 0.5) is 4.39 Å². The lowest BCUT2D eigenvalue weighted by Gasteiger charge is -2.30. The first-order chi connectivity index (χ1) is 25.9. The minimum absolute atomic E-state index is 0.00727. The van der Waals surface area contributed by atoms with Crippen molar-refractivity contribution in [3.05, 3.63) is 91.0 Å². The average Bonchev–Trinajstić information content (AvgIpc) is 3.82. The summed E-state index contributed by atoms with van der Waals surface area (Å²) >= 11 is 0. The Kier molecular flexibility index (Phi) is 10.3. The Morgan fingerprint density at radius 1 is 1.11 bits per heavy atom. The summed E-state index contributed by atoms with van der Waals surface area (Å²) < 4.78 is 55.3. The predicted molar refractivity (Wildman–Crippen MR) is 186 cm³/mol. The van der Waals surface area contributed by atoms with Crippen LogP contribution in [-0.2, 0) is 37.6 Å². The number of benzene rings is 1. The maximum atomic E-state index is 16.0. The summed E-state index contributed by atoms with van der Waals surface area (Å²) in [6.07, 6.45) is 4.44. The molecule has 17 nitrogen and oxygen atoms in total. The zero-order valence-corrected chi connectivity index (χ0v) is 31.1. The van der Waals surface area contributed by atoms with E-state index >= 15 is 4.39 Å². The highest BCUT2D eigenvalue weighted by atomic mass is 19.1. The molecule has 1 aliphatic rings. The molecule has 0 saturated carbocycles. The summed E-state index contributed by atoms with van der Waals surface area (Å²) in [5.74, 6) is -0.00945. The first kappa shape index (κ1) is 38.7. The molecule has 0 amide bonds. The van der Waals surface area contributed by atoms with Gasteiger partial charge in [-0.2, -0.15) is 9.37 Å². The van der Waals surface area contributed by atoms with E-state index in [4.69, 9.17) is 38.3 Å². The number of aromatic nitrogens is 4. The molecule has 55 heavy (non-hydrogen) atoms. The van der Waals surface area contributed by atoms with Crippen molar-refractivity contribution in [1.29, 1.82) is 0 Å². The van der Waals surface area contributed by atoms with Gasteiger partial charge < -0.3 is 41.6 Å². The van der Waals surface area contributed by atoms with Crippen LogP contribution in [0, 0.1) is 46.1 Å². The molecule has 6 rings (SSSR count). The number of carbonyl (C=O) groups is 2. The highest BCUT2D eigenvalue weighted by molar-refractivity contribution is 5.74. The summed E-state index contributed by atoms with van der Waals surface area (Å²) in [5.41, 5.74) is -0.431. The molecule has 5 heterocycles. The standard InChI is InChI=1S/C37H38FN5O12/c1-9-37(16-49-27(45)12-36(7,8)28-19(3)10-18(2)11-24(28)53-22(6)44)30(46)23(15-50-37)43-17-40-29-31(39-13-25-20(4)51-34(47)54-25)42(33(38)41-32(29)43)14-26-21(5)52-35(48)55-26/h1,10-11,17,23,30,46H,12-16H2,2-8H3/t23?,30-,37+/m0/s1. The molecule has 5 aromatic rings. The van der Waals surface area contributed by atoms with Crippen molar-refractivity contribution >= 4 is 23.1 Å². The molecule has 0 aliphatic carbocycles. The number of aliphatic hydroxyl groups excluding tert-OH is 1. The van der Waals surface area contributed by atoms with E-state index in [0.717, 1.165) is 15.7 Å². The summed E-state index contributed by atoms with van der Waals surface area (Å²) in [7, 11) is 0. The highest BCUT2D eigenvalue weighted by Gasteiger charge is 2.51. The number of aliphatic hydroxyl groups is 1. The fourth-order valence-corrected chi connectivity index (χ4v) is 6.83. The second-order valence-corrected chi connectivity index (χ2v) is 13.9. The Labute approximate surface area is 311 Å². The van der Waals surface area contributed by atoms with Gasteiger partial charge in [0.15, 0.2) is 33.8 Å². The largest absolute Gasteiger partial charge is 0.519 e. The molecule has 1 saturated heterocycles. The second-order valence-electron chi connectivity index (χ2n) is 13.9. The van der Waals surface area contributed by atoms with Crippen LogP contribution in [0.1, 0.15) is 73.0 Å².